The highest BCUT2D eigenvalue weighted by molar-refractivity contribution is 6.31. The SMILES string of the molecule is NC(c1ccc(Cl)cc1)C(O)c1ccc(-c2cccc(Cl)c2)cc1. The maximum absolute atomic E-state index is 10.5. The van der Waals surface area contributed by atoms with Crippen LogP contribution in [0.4, 0.5) is 0 Å². The molecule has 0 bridgehead atoms. The Kier molecular flexibility index (Phi) is 5.22. The summed E-state index contributed by atoms with van der Waals surface area (Å²) in [6, 6.07) is 22.0. The van der Waals surface area contributed by atoms with E-state index in [4.69, 9.17) is 28.9 Å². The van der Waals surface area contributed by atoms with E-state index in [0.29, 0.717) is 10.0 Å². The Bertz CT molecular complexity index is 816. The van der Waals surface area contributed by atoms with E-state index in [9.17, 15) is 5.11 Å². The number of halogens is 2. The van der Waals surface area contributed by atoms with Crippen LogP contribution >= 0.6 is 23.2 Å². The van der Waals surface area contributed by atoms with Crippen LogP contribution in [-0.4, -0.2) is 5.11 Å². The molecule has 0 amide bonds. The van der Waals surface area contributed by atoms with Crippen molar-refractivity contribution in [2.75, 3.05) is 0 Å². The number of rotatable bonds is 4. The molecule has 0 aliphatic rings. The molecule has 3 aromatic carbocycles. The molecule has 0 fully saturated rings. The fraction of sp³-hybridized carbons (Fsp3) is 0.100. The first-order valence-corrected chi connectivity index (χ1v) is 8.35. The molecule has 4 heteroatoms. The van der Waals surface area contributed by atoms with Crippen molar-refractivity contribution in [2.24, 2.45) is 5.73 Å². The number of benzene rings is 3. The molecule has 0 heterocycles. The maximum atomic E-state index is 10.5. The molecule has 0 spiro atoms. The first-order valence-electron chi connectivity index (χ1n) is 7.59. The van der Waals surface area contributed by atoms with Gasteiger partial charge in [-0.2, -0.15) is 0 Å². The molecule has 0 radical (unpaired) electrons. The van der Waals surface area contributed by atoms with E-state index < -0.39 is 12.1 Å². The second-order valence-electron chi connectivity index (χ2n) is 5.65. The van der Waals surface area contributed by atoms with Gasteiger partial charge < -0.3 is 10.8 Å². The van der Waals surface area contributed by atoms with Crippen molar-refractivity contribution in [1.29, 1.82) is 0 Å². The third-order valence-electron chi connectivity index (χ3n) is 4.01. The summed E-state index contributed by atoms with van der Waals surface area (Å²) < 4.78 is 0. The summed E-state index contributed by atoms with van der Waals surface area (Å²) in [5.41, 5.74) is 9.85. The van der Waals surface area contributed by atoms with Crippen LogP contribution in [0.2, 0.25) is 10.0 Å². The van der Waals surface area contributed by atoms with Crippen LogP contribution in [-0.2, 0) is 0 Å². The fourth-order valence-electron chi connectivity index (χ4n) is 2.62. The van der Waals surface area contributed by atoms with Crippen LogP contribution in [0.25, 0.3) is 11.1 Å². The van der Waals surface area contributed by atoms with E-state index in [0.717, 1.165) is 22.3 Å². The van der Waals surface area contributed by atoms with Gasteiger partial charge in [-0.3, -0.25) is 0 Å². The summed E-state index contributed by atoms with van der Waals surface area (Å²) in [6.07, 6.45) is -0.792. The average molecular weight is 358 g/mol. The number of aliphatic hydroxyl groups excluding tert-OH is 1. The molecule has 24 heavy (non-hydrogen) atoms. The zero-order valence-electron chi connectivity index (χ0n) is 12.9. The Morgan fingerprint density at radius 3 is 1.96 bits per heavy atom. The van der Waals surface area contributed by atoms with Gasteiger partial charge in [-0.1, -0.05) is 71.7 Å². The average Bonchev–Trinajstić information content (AvgIpc) is 2.61. The van der Waals surface area contributed by atoms with Crippen molar-refractivity contribution < 1.29 is 5.11 Å². The van der Waals surface area contributed by atoms with E-state index >= 15 is 0 Å². The predicted octanol–water partition coefficient (Wildman–Crippen LogP) is 5.39. The molecule has 122 valence electrons. The lowest BCUT2D eigenvalue weighted by Gasteiger charge is -2.20. The smallest absolute Gasteiger partial charge is 0.0982 e. The maximum Gasteiger partial charge on any atom is 0.0982 e. The topological polar surface area (TPSA) is 46.2 Å². The standard InChI is InChI=1S/C20H17Cl2NO/c21-17-10-8-14(9-11-17)19(23)20(24)15-6-4-13(5-7-15)16-2-1-3-18(22)12-16/h1-12,19-20,24H,23H2. The number of aliphatic hydroxyl groups is 1. The van der Waals surface area contributed by atoms with E-state index in [-0.39, 0.29) is 0 Å². The Morgan fingerprint density at radius 2 is 1.33 bits per heavy atom. The van der Waals surface area contributed by atoms with E-state index in [1.165, 1.54) is 0 Å². The highest BCUT2D eigenvalue weighted by Gasteiger charge is 2.18. The number of hydrogen-bond donors (Lipinski definition) is 2. The molecule has 0 aliphatic carbocycles. The molecule has 2 atom stereocenters. The zero-order valence-corrected chi connectivity index (χ0v) is 14.4. The van der Waals surface area contributed by atoms with E-state index in [2.05, 4.69) is 0 Å². The quantitative estimate of drug-likeness (QED) is 0.656. The normalized spacial score (nSPS) is 13.5. The monoisotopic (exact) mass is 357 g/mol. The molecule has 2 nitrogen and oxygen atoms in total. The minimum atomic E-state index is -0.792. The second-order valence-corrected chi connectivity index (χ2v) is 6.53. The van der Waals surface area contributed by atoms with Crippen LogP contribution < -0.4 is 5.73 Å². The molecule has 0 saturated carbocycles. The Morgan fingerprint density at radius 1 is 0.708 bits per heavy atom. The van der Waals surface area contributed by atoms with Gasteiger partial charge in [0.1, 0.15) is 0 Å². The van der Waals surface area contributed by atoms with Gasteiger partial charge in [0, 0.05) is 10.0 Å². The Labute approximate surface area is 151 Å². The minimum Gasteiger partial charge on any atom is -0.386 e. The first kappa shape index (κ1) is 17.0. The first-order chi connectivity index (χ1) is 11.5. The molecule has 3 N–H and O–H groups in total. The van der Waals surface area contributed by atoms with E-state index in [1.54, 1.807) is 12.1 Å². The molecule has 0 saturated heterocycles. The molecule has 0 aromatic heterocycles. The molecular formula is C20H17Cl2NO. The van der Waals surface area contributed by atoms with Crippen molar-refractivity contribution in [3.63, 3.8) is 0 Å². The van der Waals surface area contributed by atoms with Crippen molar-refractivity contribution in [3.8, 4) is 11.1 Å². The van der Waals surface area contributed by atoms with Crippen molar-refractivity contribution in [2.45, 2.75) is 12.1 Å². The Hall–Kier alpha value is -1.84. The Balaban J connectivity index is 1.80. The second kappa shape index (κ2) is 7.37. The third-order valence-corrected chi connectivity index (χ3v) is 4.49. The lowest BCUT2D eigenvalue weighted by atomic mass is 9.95. The van der Waals surface area contributed by atoms with E-state index in [1.807, 2.05) is 60.7 Å². The summed E-state index contributed by atoms with van der Waals surface area (Å²) in [4.78, 5) is 0. The van der Waals surface area contributed by atoms with Gasteiger partial charge in [-0.25, -0.2) is 0 Å². The molecule has 0 aliphatic heterocycles. The van der Waals surface area contributed by atoms with Gasteiger partial charge in [0.05, 0.1) is 12.1 Å². The number of nitrogens with two attached hydrogens (primary N) is 1. The molecule has 2 unspecified atom stereocenters. The predicted molar refractivity (Wildman–Crippen MR) is 100 cm³/mol. The van der Waals surface area contributed by atoms with Crippen LogP contribution in [0, 0.1) is 0 Å². The minimum absolute atomic E-state index is 0.515. The molecule has 3 rings (SSSR count). The van der Waals surface area contributed by atoms with Gasteiger partial charge in [0.15, 0.2) is 0 Å². The van der Waals surface area contributed by atoms with Crippen molar-refractivity contribution in [1.82, 2.24) is 0 Å². The zero-order chi connectivity index (χ0) is 17.1. The van der Waals surface area contributed by atoms with Crippen LogP contribution in [0.1, 0.15) is 23.3 Å². The van der Waals surface area contributed by atoms with Crippen LogP contribution in [0.15, 0.2) is 72.8 Å². The van der Waals surface area contributed by atoms with Gasteiger partial charge in [-0.05, 0) is 46.5 Å². The van der Waals surface area contributed by atoms with Crippen LogP contribution in [0.5, 0.6) is 0 Å². The lowest BCUT2D eigenvalue weighted by molar-refractivity contribution is 0.147. The van der Waals surface area contributed by atoms with Gasteiger partial charge in [0.25, 0.3) is 0 Å². The fourth-order valence-corrected chi connectivity index (χ4v) is 2.93. The van der Waals surface area contributed by atoms with Gasteiger partial charge in [-0.15, -0.1) is 0 Å². The summed E-state index contributed by atoms with van der Waals surface area (Å²) in [6.45, 7) is 0. The summed E-state index contributed by atoms with van der Waals surface area (Å²) in [5, 5.41) is 11.9. The highest BCUT2D eigenvalue weighted by Crippen LogP contribution is 2.30. The summed E-state index contributed by atoms with van der Waals surface area (Å²) >= 11 is 11.9. The van der Waals surface area contributed by atoms with Gasteiger partial charge in [0.2, 0.25) is 0 Å². The summed E-state index contributed by atoms with van der Waals surface area (Å²) in [5.74, 6) is 0. The number of hydrogen-bond acceptors (Lipinski definition) is 2. The third kappa shape index (κ3) is 3.80. The molecule has 3 aromatic rings. The van der Waals surface area contributed by atoms with Crippen molar-refractivity contribution >= 4 is 23.2 Å². The highest BCUT2D eigenvalue weighted by atomic mass is 35.5. The van der Waals surface area contributed by atoms with Gasteiger partial charge >= 0.3 is 0 Å². The van der Waals surface area contributed by atoms with Crippen LogP contribution in [0.3, 0.4) is 0 Å². The summed E-state index contributed by atoms with van der Waals surface area (Å²) in [7, 11) is 0. The largest absolute Gasteiger partial charge is 0.386 e. The lowest BCUT2D eigenvalue weighted by Crippen LogP contribution is -2.19. The van der Waals surface area contributed by atoms with Crippen molar-refractivity contribution in [3.05, 3.63) is 94.0 Å². The molecular weight excluding hydrogens is 341 g/mol.